The van der Waals surface area contributed by atoms with Gasteiger partial charge in [-0.05, 0) is 13.1 Å². The molecule has 12 heavy (non-hydrogen) atoms. The van der Waals surface area contributed by atoms with Crippen molar-refractivity contribution in [3.05, 3.63) is 30.3 Å². The van der Waals surface area contributed by atoms with Gasteiger partial charge in [0, 0.05) is 0 Å². The normalized spacial score (nSPS) is 8.50. The fourth-order valence-corrected chi connectivity index (χ4v) is 0.784. The summed E-state index contributed by atoms with van der Waals surface area (Å²) < 4.78 is 0. The molecule has 0 fully saturated rings. The Morgan fingerprint density at radius 3 is 1.75 bits per heavy atom. The molecule has 0 radical (unpaired) electrons. The zero-order chi connectivity index (χ0) is 9.23. The van der Waals surface area contributed by atoms with Crippen LogP contribution in [0, 0.1) is 0 Å². The Kier molecular flexibility index (Phi) is 7.82. The zero-order valence-electron chi connectivity index (χ0n) is 8.30. The molecule has 1 aromatic rings. The average Bonchev–Trinajstić information content (AvgIpc) is 2.08. The Hall–Kier alpha value is -0.755. The van der Waals surface area contributed by atoms with Gasteiger partial charge in [0.1, 0.15) is 7.85 Å². The Bertz CT molecular complexity index is 172. The van der Waals surface area contributed by atoms with Crippen LogP contribution in [0.3, 0.4) is 0 Å². The van der Waals surface area contributed by atoms with E-state index < -0.39 is 0 Å². The van der Waals surface area contributed by atoms with Gasteiger partial charge in [-0.3, -0.25) is 0 Å². The first-order chi connectivity index (χ1) is 5.81. The maximum atomic E-state index is 3.11. The van der Waals surface area contributed by atoms with Crippen molar-refractivity contribution >= 4 is 13.3 Å². The maximum absolute atomic E-state index is 3.11. The van der Waals surface area contributed by atoms with E-state index in [2.05, 4.69) is 39.1 Å². The lowest BCUT2D eigenvalue weighted by molar-refractivity contribution is 0.762. The molecule has 0 saturated heterocycles. The van der Waals surface area contributed by atoms with Crippen LogP contribution in [0.4, 0.5) is 0 Å². The smallest absolute Gasteiger partial charge is 0.139 e. The first-order valence-corrected chi connectivity index (χ1v) is 4.53. The molecule has 0 atom stereocenters. The molecule has 1 aromatic carbocycles. The highest BCUT2D eigenvalue weighted by Crippen LogP contribution is 1.76. The second-order valence-corrected chi connectivity index (χ2v) is 2.61. The molecule has 0 aliphatic carbocycles. The predicted molar refractivity (Wildman–Crippen MR) is 58.8 cm³/mol. The fraction of sp³-hybridized carbons (Fsp3) is 0.400. The number of benzene rings is 1. The van der Waals surface area contributed by atoms with E-state index in [1.54, 1.807) is 0 Å². The summed E-state index contributed by atoms with van der Waals surface area (Å²) >= 11 is 0. The van der Waals surface area contributed by atoms with Crippen LogP contribution in [-0.2, 0) is 0 Å². The van der Waals surface area contributed by atoms with Crippen LogP contribution in [-0.4, -0.2) is 20.9 Å². The van der Waals surface area contributed by atoms with Crippen molar-refractivity contribution in [3.63, 3.8) is 0 Å². The third-order valence-electron chi connectivity index (χ3n) is 1.44. The lowest BCUT2D eigenvalue weighted by Crippen LogP contribution is -2.09. The Labute approximate surface area is 76.6 Å². The quantitative estimate of drug-likeness (QED) is 0.628. The molecule has 0 aliphatic rings. The third-order valence-corrected chi connectivity index (χ3v) is 1.44. The van der Waals surface area contributed by atoms with Gasteiger partial charge in [-0.15, -0.1) is 0 Å². The van der Waals surface area contributed by atoms with Gasteiger partial charge in [0.2, 0.25) is 0 Å². The number of nitrogens with one attached hydrogen (secondary N) is 1. The van der Waals surface area contributed by atoms with Crippen LogP contribution >= 0.6 is 0 Å². The van der Waals surface area contributed by atoms with Gasteiger partial charge in [-0.25, -0.2) is 0 Å². The largest absolute Gasteiger partial charge is 0.317 e. The summed E-state index contributed by atoms with van der Waals surface area (Å²) in [7, 11) is 2.08. The van der Waals surface area contributed by atoms with E-state index in [-0.39, 0.29) is 0 Å². The van der Waals surface area contributed by atoms with E-state index in [1.165, 1.54) is 5.46 Å². The highest BCUT2D eigenvalue weighted by molar-refractivity contribution is 6.32. The summed E-state index contributed by atoms with van der Waals surface area (Å²) in [6.07, 6.45) is 0. The molecular weight excluding hydrogens is 145 g/mol. The average molecular weight is 163 g/mol. The molecule has 0 spiro atoms. The van der Waals surface area contributed by atoms with E-state index in [4.69, 9.17) is 0 Å². The highest BCUT2D eigenvalue weighted by atomic mass is 14.8. The monoisotopic (exact) mass is 163 g/mol. The molecule has 0 aromatic heterocycles. The van der Waals surface area contributed by atoms with Crippen LogP contribution < -0.4 is 10.8 Å². The third kappa shape index (κ3) is 7.35. The summed E-state index contributed by atoms with van der Waals surface area (Å²) in [6, 6.07) is 10.3. The van der Waals surface area contributed by atoms with Crippen molar-refractivity contribution in [2.24, 2.45) is 0 Å². The first kappa shape index (κ1) is 11.2. The van der Waals surface area contributed by atoms with Crippen LogP contribution in [0.1, 0.15) is 13.8 Å². The van der Waals surface area contributed by atoms with Gasteiger partial charge in [-0.2, -0.15) is 0 Å². The lowest BCUT2D eigenvalue weighted by Gasteiger charge is -1.86. The molecule has 1 rings (SSSR count). The van der Waals surface area contributed by atoms with Gasteiger partial charge < -0.3 is 5.32 Å². The molecule has 2 heteroatoms. The zero-order valence-corrected chi connectivity index (χ0v) is 8.30. The topological polar surface area (TPSA) is 12.0 Å². The molecule has 1 N–H and O–H groups in total. The van der Waals surface area contributed by atoms with Crippen molar-refractivity contribution in [1.82, 2.24) is 5.32 Å². The molecule has 1 nitrogen and oxygen atoms in total. The van der Waals surface area contributed by atoms with Gasteiger partial charge in [0.25, 0.3) is 0 Å². The van der Waals surface area contributed by atoms with Gasteiger partial charge in [0.05, 0.1) is 0 Å². The van der Waals surface area contributed by atoms with Crippen LogP contribution in [0.5, 0.6) is 0 Å². The summed E-state index contributed by atoms with van der Waals surface area (Å²) in [4.78, 5) is 0. The van der Waals surface area contributed by atoms with Crippen molar-refractivity contribution < 1.29 is 0 Å². The lowest BCUT2D eigenvalue weighted by atomic mass is 9.97. The van der Waals surface area contributed by atoms with Crippen molar-refractivity contribution in [3.8, 4) is 0 Å². The van der Waals surface area contributed by atoms with Crippen molar-refractivity contribution in [2.45, 2.75) is 13.8 Å². The van der Waals surface area contributed by atoms with E-state index in [0.717, 1.165) is 13.1 Å². The minimum Gasteiger partial charge on any atom is -0.317 e. The molecule has 0 aliphatic heterocycles. The van der Waals surface area contributed by atoms with Crippen molar-refractivity contribution in [2.75, 3.05) is 13.1 Å². The molecular formula is C10H18BN. The van der Waals surface area contributed by atoms with Crippen LogP contribution in [0.25, 0.3) is 0 Å². The van der Waals surface area contributed by atoms with Crippen molar-refractivity contribution in [1.29, 1.82) is 0 Å². The molecule has 0 amide bonds. The summed E-state index contributed by atoms with van der Waals surface area (Å²) in [6.45, 7) is 6.39. The Morgan fingerprint density at radius 1 is 1.08 bits per heavy atom. The van der Waals surface area contributed by atoms with Gasteiger partial charge in [0.15, 0.2) is 0 Å². The predicted octanol–water partition coefficient (Wildman–Crippen LogP) is 0.561. The SMILES string of the molecule is Bc1ccccc1.CCNCC. The fourth-order valence-electron chi connectivity index (χ4n) is 0.784. The van der Waals surface area contributed by atoms with E-state index in [0.29, 0.717) is 0 Å². The molecule has 0 heterocycles. The minimum absolute atomic E-state index is 1.09. The second-order valence-electron chi connectivity index (χ2n) is 2.61. The van der Waals surface area contributed by atoms with E-state index in [1.807, 2.05) is 18.2 Å². The Balaban J connectivity index is 0.000000217. The van der Waals surface area contributed by atoms with Crippen LogP contribution in [0.15, 0.2) is 30.3 Å². The molecule has 0 bridgehead atoms. The standard InChI is InChI=1S/C6H7B.C4H11N/c7-6-4-2-1-3-5-6;1-3-5-4-2/h1-5H,7H2;5H,3-4H2,1-2H3. The van der Waals surface area contributed by atoms with E-state index in [9.17, 15) is 0 Å². The maximum Gasteiger partial charge on any atom is 0.139 e. The molecule has 0 unspecified atom stereocenters. The van der Waals surface area contributed by atoms with Gasteiger partial charge in [-0.1, -0.05) is 49.6 Å². The molecule has 66 valence electrons. The van der Waals surface area contributed by atoms with Gasteiger partial charge >= 0.3 is 0 Å². The number of hydrogen-bond acceptors (Lipinski definition) is 1. The number of hydrogen-bond donors (Lipinski definition) is 1. The first-order valence-electron chi connectivity index (χ1n) is 4.53. The summed E-state index contributed by atoms with van der Waals surface area (Å²) in [5.41, 5.74) is 1.32. The van der Waals surface area contributed by atoms with E-state index >= 15 is 0 Å². The molecule has 0 saturated carbocycles. The summed E-state index contributed by atoms with van der Waals surface area (Å²) in [5.74, 6) is 0. The highest BCUT2D eigenvalue weighted by Gasteiger charge is 1.72. The summed E-state index contributed by atoms with van der Waals surface area (Å²) in [5, 5.41) is 3.11. The van der Waals surface area contributed by atoms with Crippen LogP contribution in [0.2, 0.25) is 0 Å². The minimum atomic E-state index is 1.09. The Morgan fingerprint density at radius 2 is 1.58 bits per heavy atom. The number of rotatable bonds is 2. The second kappa shape index (κ2) is 8.34.